The molecule has 0 N–H and O–H groups in total. The van der Waals surface area contributed by atoms with E-state index in [1.54, 1.807) is 28.9 Å². The van der Waals surface area contributed by atoms with E-state index in [-0.39, 0.29) is 5.54 Å². The Kier molecular flexibility index (Phi) is 5.63. The van der Waals surface area contributed by atoms with Crippen LogP contribution in [-0.4, -0.2) is 15.7 Å². The van der Waals surface area contributed by atoms with Crippen molar-refractivity contribution in [1.82, 2.24) is 9.78 Å². The van der Waals surface area contributed by atoms with Crippen molar-refractivity contribution in [3.8, 4) is 5.88 Å². The third kappa shape index (κ3) is 4.54. The van der Waals surface area contributed by atoms with Crippen molar-refractivity contribution in [3.05, 3.63) is 70.9 Å². The molecule has 0 aliphatic rings. The Bertz CT molecular complexity index is 945. The zero-order chi connectivity index (χ0) is 19.6. The molecular formula is C21H21ClN2O2S. The highest BCUT2D eigenvalue weighted by Crippen LogP contribution is 2.40. The number of aryl methyl sites for hydroxylation is 1. The molecule has 1 aromatic heterocycles. The van der Waals surface area contributed by atoms with Crippen LogP contribution in [0.1, 0.15) is 36.8 Å². The second kappa shape index (κ2) is 7.79. The molecular weight excluding hydrogens is 380 g/mol. The molecule has 0 radical (unpaired) electrons. The lowest BCUT2D eigenvalue weighted by molar-refractivity contribution is 0.0704. The van der Waals surface area contributed by atoms with Gasteiger partial charge in [-0.25, -0.2) is 9.48 Å². The lowest BCUT2D eigenvalue weighted by Gasteiger charge is -2.22. The first kappa shape index (κ1) is 19.5. The number of hydrogen-bond donors (Lipinski definition) is 0. The highest BCUT2D eigenvalue weighted by Gasteiger charge is 2.27. The van der Waals surface area contributed by atoms with Crippen LogP contribution >= 0.6 is 23.4 Å². The molecule has 140 valence electrons. The van der Waals surface area contributed by atoms with Crippen molar-refractivity contribution in [1.29, 1.82) is 0 Å². The number of nitrogens with zero attached hydrogens (tertiary/aromatic N) is 2. The number of benzene rings is 2. The highest BCUT2D eigenvalue weighted by molar-refractivity contribution is 7.99. The van der Waals surface area contributed by atoms with E-state index in [2.05, 4.69) is 5.10 Å². The van der Waals surface area contributed by atoms with Crippen molar-refractivity contribution in [3.63, 3.8) is 0 Å². The fraction of sp³-hybridized carbons (Fsp3) is 0.238. The monoisotopic (exact) mass is 400 g/mol. The molecule has 2 aromatic carbocycles. The van der Waals surface area contributed by atoms with Crippen LogP contribution in [0.25, 0.3) is 0 Å². The molecule has 1 heterocycles. The average molecular weight is 401 g/mol. The Balaban J connectivity index is 2.00. The molecule has 0 bridgehead atoms. The number of aromatic nitrogens is 2. The van der Waals surface area contributed by atoms with Gasteiger partial charge >= 0.3 is 5.97 Å². The summed E-state index contributed by atoms with van der Waals surface area (Å²) in [5, 5.41) is 5.21. The molecule has 0 aliphatic carbocycles. The molecule has 4 nitrogen and oxygen atoms in total. The molecule has 6 heteroatoms. The lowest BCUT2D eigenvalue weighted by atomic mass is 10.1. The van der Waals surface area contributed by atoms with Gasteiger partial charge in [-0.2, -0.15) is 5.10 Å². The van der Waals surface area contributed by atoms with Gasteiger partial charge in [0.1, 0.15) is 0 Å². The first-order chi connectivity index (χ1) is 12.8. The summed E-state index contributed by atoms with van der Waals surface area (Å²) in [5.74, 6) is 0.0146. The molecule has 0 spiro atoms. The molecule has 0 fully saturated rings. The van der Waals surface area contributed by atoms with Gasteiger partial charge in [0.05, 0.1) is 21.7 Å². The Hall–Kier alpha value is -2.24. The molecule has 27 heavy (non-hydrogen) atoms. The van der Waals surface area contributed by atoms with Gasteiger partial charge in [0, 0.05) is 9.92 Å². The molecule has 0 unspecified atom stereocenters. The van der Waals surface area contributed by atoms with Crippen LogP contribution < -0.4 is 4.74 Å². The van der Waals surface area contributed by atoms with Crippen LogP contribution in [0.3, 0.4) is 0 Å². The first-order valence-electron chi connectivity index (χ1n) is 8.56. The maximum atomic E-state index is 12.7. The van der Waals surface area contributed by atoms with E-state index in [4.69, 9.17) is 16.3 Å². The molecule has 0 saturated carbocycles. The van der Waals surface area contributed by atoms with Crippen LogP contribution in [0.15, 0.2) is 64.4 Å². The molecule has 0 aliphatic heterocycles. The second-order valence-corrected chi connectivity index (χ2v) is 8.63. The SMILES string of the molecule is Cc1nn(C(C)(C)C)c(OC(=O)c2ccc(Cl)cc2)c1Sc1ccccc1. The van der Waals surface area contributed by atoms with E-state index in [0.29, 0.717) is 16.5 Å². The minimum Gasteiger partial charge on any atom is -0.403 e. The van der Waals surface area contributed by atoms with Crippen LogP contribution in [0.5, 0.6) is 5.88 Å². The number of ether oxygens (including phenoxy) is 1. The summed E-state index contributed by atoms with van der Waals surface area (Å²) >= 11 is 7.45. The minimum absolute atomic E-state index is 0.337. The van der Waals surface area contributed by atoms with Crippen molar-refractivity contribution in [2.75, 3.05) is 0 Å². The summed E-state index contributed by atoms with van der Waals surface area (Å²) in [5.41, 5.74) is 0.919. The average Bonchev–Trinajstić information content (AvgIpc) is 2.93. The zero-order valence-electron chi connectivity index (χ0n) is 15.7. The van der Waals surface area contributed by atoms with Crippen LogP contribution in [-0.2, 0) is 5.54 Å². The number of carbonyl (C=O) groups excluding carboxylic acids is 1. The predicted molar refractivity (Wildman–Crippen MR) is 109 cm³/mol. The van der Waals surface area contributed by atoms with Crippen molar-refractivity contribution in [2.24, 2.45) is 0 Å². The number of carbonyl (C=O) groups is 1. The van der Waals surface area contributed by atoms with Gasteiger partial charge in [0.2, 0.25) is 5.88 Å². The van der Waals surface area contributed by atoms with Gasteiger partial charge in [-0.05, 0) is 64.1 Å². The Morgan fingerprint density at radius 1 is 1.07 bits per heavy atom. The summed E-state index contributed by atoms with van der Waals surface area (Å²) in [7, 11) is 0. The Morgan fingerprint density at radius 3 is 2.30 bits per heavy atom. The Labute approximate surface area is 168 Å². The molecule has 0 amide bonds. The number of rotatable bonds is 4. The third-order valence-corrected chi connectivity index (χ3v) is 5.27. The Morgan fingerprint density at radius 2 is 1.70 bits per heavy atom. The van der Waals surface area contributed by atoms with Gasteiger partial charge < -0.3 is 4.74 Å². The number of esters is 1. The smallest absolute Gasteiger partial charge is 0.344 e. The largest absolute Gasteiger partial charge is 0.403 e. The van der Waals surface area contributed by atoms with E-state index in [9.17, 15) is 4.79 Å². The molecule has 0 saturated heterocycles. The van der Waals surface area contributed by atoms with E-state index in [1.807, 2.05) is 58.0 Å². The summed E-state index contributed by atoms with van der Waals surface area (Å²) in [4.78, 5) is 14.6. The molecule has 0 atom stereocenters. The summed E-state index contributed by atoms with van der Waals surface area (Å²) in [6.45, 7) is 8.00. The maximum absolute atomic E-state index is 12.7. The number of hydrogen-bond acceptors (Lipinski definition) is 4. The zero-order valence-corrected chi connectivity index (χ0v) is 17.3. The van der Waals surface area contributed by atoms with Crippen LogP contribution in [0.2, 0.25) is 5.02 Å². The maximum Gasteiger partial charge on any atom is 0.344 e. The lowest BCUT2D eigenvalue weighted by Crippen LogP contribution is -2.25. The third-order valence-electron chi connectivity index (χ3n) is 3.83. The van der Waals surface area contributed by atoms with E-state index < -0.39 is 5.97 Å². The van der Waals surface area contributed by atoms with E-state index >= 15 is 0 Å². The van der Waals surface area contributed by atoms with Gasteiger partial charge in [-0.1, -0.05) is 41.6 Å². The quantitative estimate of drug-likeness (QED) is 0.506. The standard InChI is InChI=1S/C21H21ClN2O2S/c1-14-18(27-17-8-6-5-7-9-17)19(24(23-14)21(2,3)4)26-20(25)15-10-12-16(22)13-11-15/h5-13H,1-4H3. The first-order valence-corrected chi connectivity index (χ1v) is 9.76. The van der Waals surface area contributed by atoms with Crippen molar-refractivity contribution < 1.29 is 9.53 Å². The van der Waals surface area contributed by atoms with Gasteiger partial charge in [-0.15, -0.1) is 0 Å². The van der Waals surface area contributed by atoms with Gasteiger partial charge in [0.25, 0.3) is 0 Å². The van der Waals surface area contributed by atoms with Crippen molar-refractivity contribution in [2.45, 2.75) is 43.0 Å². The van der Waals surface area contributed by atoms with Gasteiger partial charge in [0.15, 0.2) is 0 Å². The normalized spacial score (nSPS) is 11.4. The van der Waals surface area contributed by atoms with E-state index in [0.717, 1.165) is 15.5 Å². The van der Waals surface area contributed by atoms with E-state index in [1.165, 1.54) is 11.8 Å². The minimum atomic E-state index is -0.438. The highest BCUT2D eigenvalue weighted by atomic mass is 35.5. The topological polar surface area (TPSA) is 44.1 Å². The van der Waals surface area contributed by atoms with Gasteiger partial charge in [-0.3, -0.25) is 0 Å². The fourth-order valence-electron chi connectivity index (χ4n) is 2.49. The second-order valence-electron chi connectivity index (χ2n) is 7.11. The van der Waals surface area contributed by atoms with Crippen LogP contribution in [0.4, 0.5) is 0 Å². The summed E-state index contributed by atoms with van der Waals surface area (Å²) < 4.78 is 7.59. The molecule has 3 aromatic rings. The summed E-state index contributed by atoms with van der Waals surface area (Å²) in [6, 6.07) is 16.6. The predicted octanol–water partition coefficient (Wildman–Crippen LogP) is 5.97. The molecule has 3 rings (SSSR count). The summed E-state index contributed by atoms with van der Waals surface area (Å²) in [6.07, 6.45) is 0. The van der Waals surface area contributed by atoms with Crippen LogP contribution in [0, 0.1) is 6.92 Å². The fourth-order valence-corrected chi connectivity index (χ4v) is 3.55. The van der Waals surface area contributed by atoms with Crippen molar-refractivity contribution >= 4 is 29.3 Å². The number of halogens is 1.